The van der Waals surface area contributed by atoms with Crippen LogP contribution in [-0.4, -0.2) is 48.3 Å². The molecule has 3 aromatic rings. The molecule has 1 aliphatic heterocycles. The van der Waals surface area contributed by atoms with Crippen LogP contribution in [0.3, 0.4) is 0 Å². The first-order valence-electron chi connectivity index (χ1n) is 8.69. The number of likely N-dealkylation sites (N-methyl/N-ethyl adjacent to an activating group) is 1. The number of para-hydroxylation sites is 1. The molecule has 0 saturated carbocycles. The largest absolute Gasteiger partial charge is 1.00 e. The molecule has 0 bridgehead atoms. The van der Waals surface area contributed by atoms with Gasteiger partial charge in [0.15, 0.2) is 0 Å². The minimum absolute atomic E-state index is 0. The molecule has 0 atom stereocenters. The van der Waals surface area contributed by atoms with E-state index in [0.29, 0.717) is 29.7 Å². The normalized spacial score (nSPS) is 15.6. The number of rotatable bonds is 4. The van der Waals surface area contributed by atoms with Gasteiger partial charge in [0.05, 0.1) is 20.3 Å². The SMILES string of the molecule is C[N+]1(c2ncnc(Oc3ccccc3-c3ccccc3)n2)CCOCC1.[Cl-]. The van der Waals surface area contributed by atoms with Crippen LogP contribution < -0.4 is 21.6 Å². The van der Waals surface area contributed by atoms with Gasteiger partial charge in [-0.2, -0.15) is 9.97 Å². The van der Waals surface area contributed by atoms with Gasteiger partial charge in [-0.3, -0.25) is 4.48 Å². The molecule has 2 heterocycles. The molecule has 0 amide bonds. The summed E-state index contributed by atoms with van der Waals surface area (Å²) in [6.07, 6.45) is 1.52. The highest BCUT2D eigenvalue weighted by atomic mass is 35.5. The van der Waals surface area contributed by atoms with E-state index in [1.807, 2.05) is 42.5 Å². The first kappa shape index (κ1) is 19.2. The number of aromatic nitrogens is 3. The maximum absolute atomic E-state index is 6.04. The lowest BCUT2D eigenvalue weighted by Crippen LogP contribution is -3.00. The lowest BCUT2D eigenvalue weighted by Gasteiger charge is -2.34. The van der Waals surface area contributed by atoms with Crippen LogP contribution in [0.1, 0.15) is 0 Å². The summed E-state index contributed by atoms with van der Waals surface area (Å²) in [5.74, 6) is 1.43. The fourth-order valence-electron chi connectivity index (χ4n) is 3.04. The molecule has 0 N–H and O–H groups in total. The monoisotopic (exact) mass is 384 g/mol. The lowest BCUT2D eigenvalue weighted by atomic mass is 10.1. The van der Waals surface area contributed by atoms with Gasteiger partial charge >= 0.3 is 12.0 Å². The van der Waals surface area contributed by atoms with Crippen molar-refractivity contribution in [2.45, 2.75) is 0 Å². The molecule has 0 aliphatic carbocycles. The van der Waals surface area contributed by atoms with Crippen molar-refractivity contribution in [2.24, 2.45) is 0 Å². The molecule has 7 heteroatoms. The molecule has 1 saturated heterocycles. The molecule has 27 heavy (non-hydrogen) atoms. The van der Waals surface area contributed by atoms with Gasteiger partial charge in [-0.1, -0.05) is 48.5 Å². The maximum atomic E-state index is 6.04. The van der Waals surface area contributed by atoms with Gasteiger partial charge in [0, 0.05) is 5.56 Å². The average molecular weight is 385 g/mol. The topological polar surface area (TPSA) is 57.1 Å². The molecular weight excluding hydrogens is 364 g/mol. The molecule has 1 aliphatic rings. The first-order valence-corrected chi connectivity index (χ1v) is 8.69. The Morgan fingerprint density at radius 3 is 2.41 bits per heavy atom. The van der Waals surface area contributed by atoms with E-state index in [1.165, 1.54) is 6.33 Å². The van der Waals surface area contributed by atoms with E-state index < -0.39 is 0 Å². The molecule has 4 rings (SSSR count). The van der Waals surface area contributed by atoms with Crippen molar-refractivity contribution in [2.75, 3.05) is 33.4 Å². The van der Waals surface area contributed by atoms with Crippen LogP contribution >= 0.6 is 0 Å². The van der Waals surface area contributed by atoms with Gasteiger partial charge in [0.2, 0.25) is 0 Å². The zero-order valence-electron chi connectivity index (χ0n) is 15.1. The highest BCUT2D eigenvalue weighted by Crippen LogP contribution is 2.32. The van der Waals surface area contributed by atoms with Gasteiger partial charge in [0.25, 0.3) is 0 Å². The third-order valence-corrected chi connectivity index (χ3v) is 4.65. The number of nitrogens with zero attached hydrogens (tertiary/aromatic N) is 4. The Hall–Kier alpha value is -2.54. The molecule has 0 unspecified atom stereocenters. The fourth-order valence-corrected chi connectivity index (χ4v) is 3.04. The Labute approximate surface area is 164 Å². The van der Waals surface area contributed by atoms with Crippen molar-refractivity contribution < 1.29 is 21.9 Å². The zero-order valence-corrected chi connectivity index (χ0v) is 15.8. The molecule has 1 fully saturated rings. The number of ether oxygens (including phenoxy) is 2. The number of hydrogen-bond acceptors (Lipinski definition) is 5. The Kier molecular flexibility index (Phi) is 6.01. The van der Waals surface area contributed by atoms with Crippen molar-refractivity contribution in [3.8, 4) is 22.9 Å². The third-order valence-electron chi connectivity index (χ3n) is 4.65. The maximum Gasteiger partial charge on any atom is 0.335 e. The van der Waals surface area contributed by atoms with Crippen LogP contribution in [0.5, 0.6) is 11.8 Å². The van der Waals surface area contributed by atoms with Crippen LogP contribution in [0.25, 0.3) is 11.1 Å². The number of quaternary nitrogens is 1. The highest BCUT2D eigenvalue weighted by Gasteiger charge is 2.31. The lowest BCUT2D eigenvalue weighted by molar-refractivity contribution is -0.00000789. The standard InChI is InChI=1S/C20H21N4O2.ClH/c1-24(11-13-25-14-12-24)19-21-15-22-20(23-19)26-18-10-6-5-9-17(18)16-7-3-2-4-8-16;/h2-10,15H,11-14H2,1H3;1H/q+1;/p-1. The quantitative estimate of drug-likeness (QED) is 0.606. The summed E-state index contributed by atoms with van der Waals surface area (Å²) in [6, 6.07) is 18.3. The summed E-state index contributed by atoms with van der Waals surface area (Å²) < 4.78 is 12.1. The summed E-state index contributed by atoms with van der Waals surface area (Å²) >= 11 is 0. The second-order valence-electron chi connectivity index (χ2n) is 6.49. The van der Waals surface area contributed by atoms with Crippen LogP contribution in [0.4, 0.5) is 5.95 Å². The molecule has 1 aromatic heterocycles. The fraction of sp³-hybridized carbons (Fsp3) is 0.250. The zero-order chi connectivity index (χ0) is 17.8. The second-order valence-corrected chi connectivity index (χ2v) is 6.49. The van der Waals surface area contributed by atoms with Crippen molar-refractivity contribution >= 4 is 5.95 Å². The third kappa shape index (κ3) is 4.24. The van der Waals surface area contributed by atoms with E-state index >= 15 is 0 Å². The van der Waals surface area contributed by atoms with Crippen molar-refractivity contribution in [3.05, 3.63) is 60.9 Å². The molecule has 0 spiro atoms. The Morgan fingerprint density at radius 2 is 1.63 bits per heavy atom. The second kappa shape index (κ2) is 8.43. The smallest absolute Gasteiger partial charge is 0.335 e. The summed E-state index contributed by atoms with van der Waals surface area (Å²) in [5.41, 5.74) is 2.09. The van der Waals surface area contributed by atoms with Crippen molar-refractivity contribution in [1.82, 2.24) is 19.4 Å². The van der Waals surface area contributed by atoms with E-state index in [4.69, 9.17) is 9.47 Å². The van der Waals surface area contributed by atoms with Crippen molar-refractivity contribution in [1.29, 1.82) is 0 Å². The number of halogens is 1. The van der Waals surface area contributed by atoms with E-state index in [0.717, 1.165) is 30.0 Å². The molecule has 6 nitrogen and oxygen atoms in total. The summed E-state index contributed by atoms with van der Waals surface area (Å²) in [5, 5.41) is 0. The summed E-state index contributed by atoms with van der Waals surface area (Å²) in [6.45, 7) is 3.08. The van der Waals surface area contributed by atoms with E-state index in [-0.39, 0.29) is 12.4 Å². The predicted molar refractivity (Wildman–Crippen MR) is 100 cm³/mol. The molecule has 0 radical (unpaired) electrons. The van der Waals surface area contributed by atoms with Gasteiger partial charge in [-0.15, -0.1) is 4.98 Å². The molecular formula is C20H21ClN4O2. The van der Waals surface area contributed by atoms with Gasteiger partial charge < -0.3 is 21.9 Å². The van der Waals surface area contributed by atoms with E-state index in [1.54, 1.807) is 0 Å². The summed E-state index contributed by atoms with van der Waals surface area (Å²) in [4.78, 5) is 13.2. The molecule has 140 valence electrons. The van der Waals surface area contributed by atoms with Crippen molar-refractivity contribution in [3.63, 3.8) is 0 Å². The van der Waals surface area contributed by atoms with Crippen LogP contribution in [0.15, 0.2) is 60.9 Å². The predicted octanol–water partition coefficient (Wildman–Crippen LogP) is 0.302. The first-order chi connectivity index (χ1) is 12.7. The minimum Gasteiger partial charge on any atom is -1.00 e. The summed E-state index contributed by atoms with van der Waals surface area (Å²) in [7, 11) is 2.11. The van der Waals surface area contributed by atoms with Crippen LogP contribution in [0.2, 0.25) is 0 Å². The van der Waals surface area contributed by atoms with Crippen LogP contribution in [0, 0.1) is 0 Å². The Bertz CT molecular complexity index is 886. The number of hydrogen-bond donors (Lipinski definition) is 0. The van der Waals surface area contributed by atoms with E-state index in [9.17, 15) is 0 Å². The number of morpholine rings is 1. The van der Waals surface area contributed by atoms with E-state index in [2.05, 4.69) is 34.1 Å². The highest BCUT2D eigenvalue weighted by molar-refractivity contribution is 5.70. The van der Waals surface area contributed by atoms with Crippen LogP contribution in [-0.2, 0) is 4.74 Å². The van der Waals surface area contributed by atoms with Gasteiger partial charge in [-0.05, 0) is 11.6 Å². The van der Waals surface area contributed by atoms with Gasteiger partial charge in [-0.25, -0.2) is 0 Å². The average Bonchev–Trinajstić information content (AvgIpc) is 2.70. The molecule has 2 aromatic carbocycles. The van der Waals surface area contributed by atoms with Gasteiger partial charge in [0.1, 0.15) is 25.2 Å². The Balaban J connectivity index is 0.00000210. The Morgan fingerprint density at radius 1 is 0.926 bits per heavy atom. The number of benzene rings is 2. The minimum atomic E-state index is 0.